The number of carbonyl (C=O) groups excluding carboxylic acids is 1. The van der Waals surface area contributed by atoms with Crippen molar-refractivity contribution in [1.82, 2.24) is 10.3 Å². The van der Waals surface area contributed by atoms with E-state index in [9.17, 15) is 9.18 Å². The van der Waals surface area contributed by atoms with Crippen molar-refractivity contribution in [2.45, 2.75) is 32.7 Å². The molecule has 3 aromatic rings. The van der Waals surface area contributed by atoms with Gasteiger partial charge in [-0.2, -0.15) is 0 Å². The third-order valence-corrected chi connectivity index (χ3v) is 4.42. The number of halogens is 1. The van der Waals surface area contributed by atoms with Gasteiger partial charge in [0.05, 0.1) is 5.41 Å². The van der Waals surface area contributed by atoms with Crippen LogP contribution in [0, 0.1) is 12.7 Å². The van der Waals surface area contributed by atoms with Gasteiger partial charge in [0.1, 0.15) is 5.82 Å². The Morgan fingerprint density at radius 1 is 1.21 bits per heavy atom. The van der Waals surface area contributed by atoms with Gasteiger partial charge in [-0.3, -0.25) is 4.79 Å². The quantitative estimate of drug-likeness (QED) is 0.742. The Labute approximate surface area is 140 Å². The van der Waals surface area contributed by atoms with Gasteiger partial charge in [0.15, 0.2) is 0 Å². The van der Waals surface area contributed by atoms with Crippen LogP contribution in [0.25, 0.3) is 10.9 Å². The first-order valence-electron chi connectivity index (χ1n) is 7.99. The monoisotopic (exact) mass is 324 g/mol. The van der Waals surface area contributed by atoms with Crippen LogP contribution < -0.4 is 5.32 Å². The second-order valence-electron chi connectivity index (χ2n) is 6.69. The fourth-order valence-corrected chi connectivity index (χ4v) is 2.96. The summed E-state index contributed by atoms with van der Waals surface area (Å²) in [5.41, 5.74) is 3.07. The summed E-state index contributed by atoms with van der Waals surface area (Å²) in [4.78, 5) is 15.8. The number of aryl methyl sites for hydroxylation is 1. The van der Waals surface area contributed by atoms with Crippen molar-refractivity contribution < 1.29 is 9.18 Å². The Morgan fingerprint density at radius 3 is 2.75 bits per heavy atom. The van der Waals surface area contributed by atoms with Crippen LogP contribution in [0.15, 0.2) is 48.7 Å². The molecule has 2 aromatic carbocycles. The zero-order valence-electron chi connectivity index (χ0n) is 14.1. The predicted octanol–water partition coefficient (Wildman–Crippen LogP) is 4.21. The Balaban J connectivity index is 1.83. The number of rotatable bonds is 4. The standard InChI is InChI=1S/C20H21FN2O/c1-13-5-4-6-14(9-13)11-23-19(24)20(2,3)17-12-22-18-8-7-15(21)10-16(17)18/h4-10,12,22H,11H2,1-3H3,(H,23,24). The topological polar surface area (TPSA) is 44.9 Å². The van der Waals surface area contributed by atoms with E-state index in [0.717, 1.165) is 27.6 Å². The number of hydrogen-bond acceptors (Lipinski definition) is 1. The van der Waals surface area contributed by atoms with Crippen molar-refractivity contribution >= 4 is 16.8 Å². The summed E-state index contributed by atoms with van der Waals surface area (Å²) in [7, 11) is 0. The summed E-state index contributed by atoms with van der Waals surface area (Å²) in [6.07, 6.45) is 1.79. The number of H-pyrrole nitrogens is 1. The molecule has 0 saturated heterocycles. The normalized spacial score (nSPS) is 11.7. The van der Waals surface area contributed by atoms with Gasteiger partial charge in [-0.25, -0.2) is 4.39 Å². The van der Waals surface area contributed by atoms with E-state index >= 15 is 0 Å². The summed E-state index contributed by atoms with van der Waals surface area (Å²) in [5.74, 6) is -0.395. The van der Waals surface area contributed by atoms with Crippen LogP contribution in [-0.2, 0) is 16.8 Å². The Hall–Kier alpha value is -2.62. The fourth-order valence-electron chi connectivity index (χ4n) is 2.96. The van der Waals surface area contributed by atoms with Crippen LogP contribution in [0.4, 0.5) is 4.39 Å². The maximum atomic E-state index is 13.6. The van der Waals surface area contributed by atoms with Gasteiger partial charge in [0, 0.05) is 23.6 Å². The van der Waals surface area contributed by atoms with E-state index in [4.69, 9.17) is 0 Å². The lowest BCUT2D eigenvalue weighted by molar-refractivity contribution is -0.125. The summed E-state index contributed by atoms with van der Waals surface area (Å²) in [6, 6.07) is 12.6. The Kier molecular flexibility index (Phi) is 4.14. The van der Waals surface area contributed by atoms with E-state index in [1.165, 1.54) is 12.1 Å². The van der Waals surface area contributed by atoms with Crippen molar-refractivity contribution in [2.24, 2.45) is 0 Å². The van der Waals surface area contributed by atoms with Crippen LogP contribution in [0.1, 0.15) is 30.5 Å². The van der Waals surface area contributed by atoms with E-state index in [-0.39, 0.29) is 11.7 Å². The van der Waals surface area contributed by atoms with Gasteiger partial charge in [-0.05, 0) is 50.1 Å². The average molecular weight is 324 g/mol. The molecule has 1 aromatic heterocycles. The zero-order valence-corrected chi connectivity index (χ0v) is 14.1. The minimum Gasteiger partial charge on any atom is -0.361 e. The minimum atomic E-state index is -0.768. The lowest BCUT2D eigenvalue weighted by atomic mass is 9.83. The van der Waals surface area contributed by atoms with Gasteiger partial charge in [-0.1, -0.05) is 29.8 Å². The van der Waals surface area contributed by atoms with Crippen LogP contribution in [0.5, 0.6) is 0 Å². The molecule has 2 N–H and O–H groups in total. The van der Waals surface area contributed by atoms with Crippen molar-refractivity contribution in [3.05, 3.63) is 71.2 Å². The van der Waals surface area contributed by atoms with Crippen LogP contribution >= 0.6 is 0 Å². The van der Waals surface area contributed by atoms with E-state index in [1.807, 2.05) is 45.0 Å². The highest BCUT2D eigenvalue weighted by Crippen LogP contribution is 2.31. The number of fused-ring (bicyclic) bond motifs is 1. The molecule has 0 unspecified atom stereocenters. The van der Waals surface area contributed by atoms with Crippen LogP contribution in [0.2, 0.25) is 0 Å². The van der Waals surface area contributed by atoms with Crippen LogP contribution in [-0.4, -0.2) is 10.9 Å². The predicted molar refractivity (Wildman–Crippen MR) is 94.3 cm³/mol. The molecule has 1 amide bonds. The summed E-state index contributed by atoms with van der Waals surface area (Å²) < 4.78 is 13.6. The minimum absolute atomic E-state index is 0.0887. The second-order valence-corrected chi connectivity index (χ2v) is 6.69. The highest BCUT2D eigenvalue weighted by Gasteiger charge is 2.32. The SMILES string of the molecule is Cc1cccc(CNC(=O)C(C)(C)c2c[nH]c3ccc(F)cc23)c1. The van der Waals surface area contributed by atoms with Gasteiger partial charge < -0.3 is 10.3 Å². The summed E-state index contributed by atoms with van der Waals surface area (Å²) in [6.45, 7) is 6.20. The molecule has 24 heavy (non-hydrogen) atoms. The molecule has 3 rings (SSSR count). The molecule has 0 saturated carbocycles. The molecule has 0 aliphatic heterocycles. The van der Waals surface area contributed by atoms with Crippen LogP contribution in [0.3, 0.4) is 0 Å². The lowest BCUT2D eigenvalue weighted by Gasteiger charge is -2.23. The third kappa shape index (κ3) is 3.04. The van der Waals surface area contributed by atoms with Gasteiger partial charge in [-0.15, -0.1) is 0 Å². The molecule has 3 nitrogen and oxygen atoms in total. The first-order valence-corrected chi connectivity index (χ1v) is 7.99. The first-order chi connectivity index (χ1) is 11.4. The summed E-state index contributed by atoms with van der Waals surface area (Å²) >= 11 is 0. The van der Waals surface area contributed by atoms with Crippen molar-refractivity contribution in [2.75, 3.05) is 0 Å². The van der Waals surface area contributed by atoms with Gasteiger partial charge in [0.25, 0.3) is 0 Å². The molecule has 0 aliphatic rings. The molecule has 0 bridgehead atoms. The van der Waals surface area contributed by atoms with Gasteiger partial charge in [0.2, 0.25) is 5.91 Å². The highest BCUT2D eigenvalue weighted by molar-refractivity contribution is 5.94. The number of aromatic amines is 1. The zero-order chi connectivity index (χ0) is 17.3. The molecule has 0 aliphatic carbocycles. The molecule has 0 radical (unpaired) electrons. The molecule has 0 atom stereocenters. The number of aromatic nitrogens is 1. The maximum Gasteiger partial charge on any atom is 0.230 e. The number of carbonyl (C=O) groups is 1. The smallest absolute Gasteiger partial charge is 0.230 e. The van der Waals surface area contributed by atoms with Crippen molar-refractivity contribution in [3.8, 4) is 0 Å². The largest absolute Gasteiger partial charge is 0.361 e. The molecule has 0 spiro atoms. The molecular formula is C20H21FN2O. The second kappa shape index (κ2) is 6.11. The highest BCUT2D eigenvalue weighted by atomic mass is 19.1. The molecule has 0 fully saturated rings. The fraction of sp³-hybridized carbons (Fsp3) is 0.250. The molecule has 124 valence electrons. The lowest BCUT2D eigenvalue weighted by Crippen LogP contribution is -2.39. The molecule has 4 heteroatoms. The molecular weight excluding hydrogens is 303 g/mol. The average Bonchev–Trinajstić information content (AvgIpc) is 2.96. The van der Waals surface area contributed by atoms with Gasteiger partial charge >= 0.3 is 0 Å². The summed E-state index contributed by atoms with van der Waals surface area (Å²) in [5, 5.41) is 3.73. The maximum absolute atomic E-state index is 13.6. The van der Waals surface area contributed by atoms with E-state index in [1.54, 1.807) is 12.3 Å². The Morgan fingerprint density at radius 2 is 2.00 bits per heavy atom. The van der Waals surface area contributed by atoms with E-state index in [0.29, 0.717) is 6.54 Å². The van der Waals surface area contributed by atoms with Crippen molar-refractivity contribution in [3.63, 3.8) is 0 Å². The first kappa shape index (κ1) is 16.2. The van der Waals surface area contributed by atoms with Crippen molar-refractivity contribution in [1.29, 1.82) is 0 Å². The number of amides is 1. The molecule has 1 heterocycles. The Bertz CT molecular complexity index is 896. The third-order valence-electron chi connectivity index (χ3n) is 4.42. The number of benzene rings is 2. The number of hydrogen-bond donors (Lipinski definition) is 2. The number of nitrogens with one attached hydrogen (secondary N) is 2. The van der Waals surface area contributed by atoms with E-state index < -0.39 is 5.41 Å². The van der Waals surface area contributed by atoms with E-state index in [2.05, 4.69) is 10.3 Å².